The maximum Gasteiger partial charge on any atom is 0.271 e. The Kier molecular flexibility index (Phi) is 9.16. The number of nitrogens with one attached hydrogen (secondary N) is 1. The van der Waals surface area contributed by atoms with E-state index in [1.807, 2.05) is 54.6 Å². The van der Waals surface area contributed by atoms with Crippen LogP contribution in [0.15, 0.2) is 94.5 Å². The van der Waals surface area contributed by atoms with Crippen molar-refractivity contribution in [2.45, 2.75) is 26.1 Å². The van der Waals surface area contributed by atoms with Crippen LogP contribution in [0.5, 0.6) is 11.5 Å². The highest BCUT2D eigenvalue weighted by Crippen LogP contribution is 2.37. The Hall–Kier alpha value is -3.65. The van der Waals surface area contributed by atoms with Crippen LogP contribution in [0.2, 0.25) is 5.02 Å². The van der Waals surface area contributed by atoms with Gasteiger partial charge in [0.2, 0.25) is 0 Å². The highest BCUT2D eigenvalue weighted by atomic mass is 79.9. The number of amides is 1. The number of hydrogen-bond donors (Lipinski definition) is 1. The molecule has 4 aromatic carbocycles. The molecule has 0 radical (unpaired) electrons. The van der Waals surface area contributed by atoms with Gasteiger partial charge in [-0.2, -0.15) is 5.10 Å². The van der Waals surface area contributed by atoms with Gasteiger partial charge in [-0.15, -0.1) is 0 Å². The number of hydrazone groups is 1. The third-order valence-electron chi connectivity index (χ3n) is 6.79. The second-order valence-corrected chi connectivity index (χ2v) is 10.8. The third-order valence-corrected chi connectivity index (χ3v) is 7.75. The van der Waals surface area contributed by atoms with Crippen molar-refractivity contribution >= 4 is 39.7 Å². The Balaban J connectivity index is 1.16. The molecule has 6 nitrogen and oxygen atoms in total. The molecule has 8 heteroatoms. The molecule has 0 aromatic heterocycles. The van der Waals surface area contributed by atoms with Crippen LogP contribution < -0.4 is 14.9 Å². The Morgan fingerprint density at radius 2 is 1.80 bits per heavy atom. The lowest BCUT2D eigenvalue weighted by molar-refractivity contribution is 0.0955. The zero-order valence-electron chi connectivity index (χ0n) is 22.1. The lowest BCUT2D eigenvalue weighted by atomic mass is 9.99. The van der Waals surface area contributed by atoms with Crippen LogP contribution in [0.3, 0.4) is 0 Å². The predicted octanol–water partition coefficient (Wildman–Crippen LogP) is 7.01. The van der Waals surface area contributed by atoms with Gasteiger partial charge in [-0.3, -0.25) is 9.69 Å². The minimum absolute atomic E-state index is 0.277. The fraction of sp³-hybridized carbons (Fsp3) is 0.188. The van der Waals surface area contributed by atoms with Gasteiger partial charge in [-0.25, -0.2) is 5.43 Å². The molecule has 0 spiro atoms. The van der Waals surface area contributed by atoms with Crippen LogP contribution in [-0.4, -0.2) is 30.7 Å². The quantitative estimate of drug-likeness (QED) is 0.162. The molecule has 0 saturated carbocycles. The zero-order valence-corrected chi connectivity index (χ0v) is 24.4. The molecule has 0 bridgehead atoms. The molecular weight excluding hydrogens is 590 g/mol. The Labute approximate surface area is 247 Å². The Morgan fingerprint density at radius 3 is 2.58 bits per heavy atom. The molecule has 0 fully saturated rings. The number of hydrogen-bond acceptors (Lipinski definition) is 5. The second kappa shape index (κ2) is 13.1. The molecule has 0 saturated heterocycles. The van der Waals surface area contributed by atoms with E-state index in [0.717, 1.165) is 37.2 Å². The van der Waals surface area contributed by atoms with Crippen molar-refractivity contribution in [2.24, 2.45) is 5.10 Å². The van der Waals surface area contributed by atoms with Crippen LogP contribution in [0, 0.1) is 0 Å². The van der Waals surface area contributed by atoms with Crippen molar-refractivity contribution < 1.29 is 14.3 Å². The minimum atomic E-state index is -0.277. The molecule has 1 amide bonds. The summed E-state index contributed by atoms with van der Waals surface area (Å²) in [5.41, 5.74) is 8.76. The van der Waals surface area contributed by atoms with Crippen LogP contribution >= 0.6 is 27.5 Å². The van der Waals surface area contributed by atoms with Crippen LogP contribution in [0.25, 0.3) is 0 Å². The summed E-state index contributed by atoms with van der Waals surface area (Å²) in [6.07, 6.45) is 2.63. The SMILES string of the molecule is COc1cc(/C=N\NC(=O)c2ccc(CN3CCc4ccccc4C3)cc2)cc(Br)c1OCc1ccccc1Cl. The van der Waals surface area contributed by atoms with Crippen molar-refractivity contribution in [2.75, 3.05) is 13.7 Å². The number of carbonyl (C=O) groups is 1. The highest BCUT2D eigenvalue weighted by Gasteiger charge is 2.16. The third kappa shape index (κ3) is 6.91. The molecule has 5 rings (SSSR count). The van der Waals surface area contributed by atoms with E-state index in [-0.39, 0.29) is 5.91 Å². The van der Waals surface area contributed by atoms with Gasteiger partial charge < -0.3 is 9.47 Å². The summed E-state index contributed by atoms with van der Waals surface area (Å²) in [6, 6.07) is 27.4. The van der Waals surface area contributed by atoms with Crippen molar-refractivity contribution in [1.82, 2.24) is 10.3 Å². The van der Waals surface area contributed by atoms with E-state index >= 15 is 0 Å². The average Bonchev–Trinajstić information content (AvgIpc) is 2.97. The van der Waals surface area contributed by atoms with Crippen LogP contribution in [0.1, 0.15) is 38.2 Å². The maximum absolute atomic E-state index is 12.7. The lowest BCUT2D eigenvalue weighted by Gasteiger charge is -2.28. The lowest BCUT2D eigenvalue weighted by Crippen LogP contribution is -2.30. The number of nitrogens with zero attached hydrogens (tertiary/aromatic N) is 2. The molecule has 4 aromatic rings. The van der Waals surface area contributed by atoms with Gasteiger partial charge in [-0.1, -0.05) is 66.2 Å². The van der Waals surface area contributed by atoms with Crippen LogP contribution in [-0.2, 0) is 26.1 Å². The van der Waals surface area contributed by atoms with Gasteiger partial charge in [0.25, 0.3) is 5.91 Å². The number of rotatable bonds is 9. The minimum Gasteiger partial charge on any atom is -0.493 e. The molecule has 0 aliphatic carbocycles. The first kappa shape index (κ1) is 27.9. The van der Waals surface area contributed by atoms with E-state index in [4.69, 9.17) is 21.1 Å². The molecule has 204 valence electrons. The first-order valence-corrected chi connectivity index (χ1v) is 14.1. The average molecular weight is 619 g/mol. The fourth-order valence-corrected chi connectivity index (χ4v) is 5.42. The molecule has 1 heterocycles. The number of benzene rings is 4. The largest absolute Gasteiger partial charge is 0.493 e. The summed E-state index contributed by atoms with van der Waals surface area (Å²) >= 11 is 9.79. The molecule has 0 unspecified atom stereocenters. The standard InChI is InChI=1S/C32H29BrClN3O3/c1-39-30-17-23(16-28(33)31(30)40-21-27-8-4-5-9-29(27)34)18-35-36-32(38)25-12-10-22(11-13-25)19-37-15-14-24-6-2-3-7-26(24)20-37/h2-13,16-18H,14-15,19-21H2,1H3,(H,36,38)/b35-18-. The maximum atomic E-state index is 12.7. The molecule has 40 heavy (non-hydrogen) atoms. The summed E-state index contributed by atoms with van der Waals surface area (Å²) in [5.74, 6) is 0.805. The smallest absolute Gasteiger partial charge is 0.271 e. The Morgan fingerprint density at radius 1 is 1.05 bits per heavy atom. The van der Waals surface area contributed by atoms with E-state index < -0.39 is 0 Å². The van der Waals surface area contributed by atoms with Crippen molar-refractivity contribution in [3.8, 4) is 11.5 Å². The van der Waals surface area contributed by atoms with Gasteiger partial charge in [0.1, 0.15) is 6.61 Å². The normalized spacial score (nSPS) is 13.2. The van der Waals surface area contributed by atoms with Gasteiger partial charge >= 0.3 is 0 Å². The van der Waals surface area contributed by atoms with Crippen molar-refractivity contribution in [3.05, 3.63) is 128 Å². The zero-order chi connectivity index (χ0) is 27.9. The summed E-state index contributed by atoms with van der Waals surface area (Å²) in [4.78, 5) is 15.1. The number of carbonyl (C=O) groups excluding carboxylic acids is 1. The second-order valence-electron chi connectivity index (χ2n) is 9.54. The first-order chi connectivity index (χ1) is 19.5. The summed E-state index contributed by atoms with van der Waals surface area (Å²) < 4.78 is 12.2. The van der Waals surface area contributed by atoms with E-state index in [2.05, 4.69) is 55.6 Å². The number of fused-ring (bicyclic) bond motifs is 1. The highest BCUT2D eigenvalue weighted by molar-refractivity contribution is 9.10. The molecular formula is C32H29BrClN3O3. The van der Waals surface area contributed by atoms with Crippen LogP contribution in [0.4, 0.5) is 0 Å². The van der Waals surface area contributed by atoms with E-state index in [9.17, 15) is 4.79 Å². The van der Waals surface area contributed by atoms with E-state index in [1.165, 1.54) is 16.7 Å². The van der Waals surface area contributed by atoms with Gasteiger partial charge in [0.15, 0.2) is 11.5 Å². The molecule has 0 atom stereocenters. The van der Waals surface area contributed by atoms with Gasteiger partial charge in [0, 0.05) is 35.8 Å². The summed E-state index contributed by atoms with van der Waals surface area (Å²) in [6.45, 7) is 3.12. The van der Waals surface area contributed by atoms with Crippen molar-refractivity contribution in [3.63, 3.8) is 0 Å². The Bertz CT molecular complexity index is 1520. The molecule has 1 aliphatic heterocycles. The number of halogens is 2. The van der Waals surface area contributed by atoms with E-state index in [1.54, 1.807) is 19.4 Å². The fourth-order valence-electron chi connectivity index (χ4n) is 4.66. The topological polar surface area (TPSA) is 63.2 Å². The molecule has 1 aliphatic rings. The first-order valence-electron chi connectivity index (χ1n) is 13.0. The number of ether oxygens (including phenoxy) is 2. The monoisotopic (exact) mass is 617 g/mol. The van der Waals surface area contributed by atoms with Crippen molar-refractivity contribution in [1.29, 1.82) is 0 Å². The molecule has 1 N–H and O–H groups in total. The number of methoxy groups -OCH3 is 1. The predicted molar refractivity (Wildman–Crippen MR) is 162 cm³/mol. The summed E-state index contributed by atoms with van der Waals surface area (Å²) in [5, 5.41) is 4.78. The van der Waals surface area contributed by atoms with E-state index in [0.29, 0.717) is 33.2 Å². The van der Waals surface area contributed by atoms with Gasteiger partial charge in [0.05, 0.1) is 17.8 Å². The summed E-state index contributed by atoms with van der Waals surface area (Å²) in [7, 11) is 1.57. The van der Waals surface area contributed by atoms with Gasteiger partial charge in [-0.05, 0) is 74.9 Å².